The van der Waals surface area contributed by atoms with Gasteiger partial charge >= 0.3 is 0 Å². The predicted molar refractivity (Wildman–Crippen MR) is 93.6 cm³/mol. The Morgan fingerprint density at radius 2 is 1.43 bits per heavy atom. The van der Waals surface area contributed by atoms with Crippen LogP contribution in [0.2, 0.25) is 0 Å². The second-order valence-electron chi connectivity index (χ2n) is 5.39. The van der Waals surface area contributed by atoms with E-state index >= 15 is 0 Å². The first-order chi connectivity index (χ1) is 10.2. The van der Waals surface area contributed by atoms with E-state index in [0.717, 1.165) is 0 Å². The molecule has 0 saturated carbocycles. The van der Waals surface area contributed by atoms with Gasteiger partial charge in [0.2, 0.25) is 0 Å². The van der Waals surface area contributed by atoms with Crippen molar-refractivity contribution in [3.63, 3.8) is 0 Å². The average Bonchev–Trinajstić information content (AvgIpc) is 2.53. The Hall–Kier alpha value is -2.54. The standard InChI is InChI=1S/C20H19N/c1-21(2)19-14-11-16(12-15-19)10-13-18-8-5-7-17-6-3-4-9-20(17)18/h3-15H,1-2H3/b13-10+. The Kier molecular flexibility index (Phi) is 3.74. The van der Waals surface area contributed by atoms with Crippen molar-refractivity contribution in [2.45, 2.75) is 0 Å². The topological polar surface area (TPSA) is 3.24 Å². The van der Waals surface area contributed by atoms with Gasteiger partial charge in [-0.15, -0.1) is 0 Å². The summed E-state index contributed by atoms with van der Waals surface area (Å²) in [6.45, 7) is 0. The fourth-order valence-corrected chi connectivity index (χ4v) is 2.47. The third-order valence-electron chi connectivity index (χ3n) is 3.69. The van der Waals surface area contributed by atoms with Crippen molar-refractivity contribution in [2.75, 3.05) is 19.0 Å². The average molecular weight is 273 g/mol. The Labute approximate surface area is 126 Å². The van der Waals surface area contributed by atoms with E-state index in [2.05, 4.69) is 97.9 Å². The van der Waals surface area contributed by atoms with Gasteiger partial charge in [0.15, 0.2) is 0 Å². The van der Waals surface area contributed by atoms with Gasteiger partial charge in [0.05, 0.1) is 0 Å². The fraction of sp³-hybridized carbons (Fsp3) is 0.100. The van der Waals surface area contributed by atoms with E-state index in [1.165, 1.54) is 27.6 Å². The molecule has 0 unspecified atom stereocenters. The lowest BCUT2D eigenvalue weighted by molar-refractivity contribution is 1.13. The van der Waals surface area contributed by atoms with E-state index in [-0.39, 0.29) is 0 Å². The van der Waals surface area contributed by atoms with Gasteiger partial charge in [-0.1, -0.05) is 66.7 Å². The highest BCUT2D eigenvalue weighted by Gasteiger charge is 1.97. The highest BCUT2D eigenvalue weighted by Crippen LogP contribution is 2.21. The number of benzene rings is 3. The van der Waals surface area contributed by atoms with Gasteiger partial charge in [0, 0.05) is 19.8 Å². The lowest BCUT2D eigenvalue weighted by Gasteiger charge is -2.11. The van der Waals surface area contributed by atoms with Crippen LogP contribution in [-0.2, 0) is 0 Å². The second-order valence-corrected chi connectivity index (χ2v) is 5.39. The second kappa shape index (κ2) is 5.84. The molecule has 0 heterocycles. The third-order valence-corrected chi connectivity index (χ3v) is 3.69. The van der Waals surface area contributed by atoms with Crippen LogP contribution in [0.3, 0.4) is 0 Å². The first-order valence-corrected chi connectivity index (χ1v) is 7.17. The predicted octanol–water partition coefficient (Wildman–Crippen LogP) is 5.08. The maximum Gasteiger partial charge on any atom is 0.0361 e. The molecule has 0 aliphatic carbocycles. The molecule has 1 nitrogen and oxygen atoms in total. The highest BCUT2D eigenvalue weighted by molar-refractivity contribution is 5.92. The molecular formula is C20H19N. The molecule has 0 aliphatic rings. The molecule has 104 valence electrons. The van der Waals surface area contributed by atoms with Crippen LogP contribution < -0.4 is 4.90 Å². The first kappa shape index (κ1) is 13.4. The van der Waals surface area contributed by atoms with Crippen LogP contribution in [0.25, 0.3) is 22.9 Å². The lowest BCUT2D eigenvalue weighted by atomic mass is 10.0. The van der Waals surface area contributed by atoms with Gasteiger partial charge in [0.1, 0.15) is 0 Å². The van der Waals surface area contributed by atoms with Crippen molar-refractivity contribution in [3.05, 3.63) is 77.9 Å². The monoisotopic (exact) mass is 273 g/mol. The van der Waals surface area contributed by atoms with Crippen molar-refractivity contribution in [1.29, 1.82) is 0 Å². The molecule has 0 N–H and O–H groups in total. The van der Waals surface area contributed by atoms with Crippen LogP contribution in [0.5, 0.6) is 0 Å². The summed E-state index contributed by atoms with van der Waals surface area (Å²) in [7, 11) is 4.11. The minimum absolute atomic E-state index is 1.22. The maximum absolute atomic E-state index is 2.19. The Balaban J connectivity index is 1.91. The van der Waals surface area contributed by atoms with E-state index in [4.69, 9.17) is 0 Å². The fourth-order valence-electron chi connectivity index (χ4n) is 2.47. The van der Waals surface area contributed by atoms with Crippen LogP contribution in [-0.4, -0.2) is 14.1 Å². The van der Waals surface area contributed by atoms with E-state index < -0.39 is 0 Å². The van der Waals surface area contributed by atoms with Crippen molar-refractivity contribution in [1.82, 2.24) is 0 Å². The maximum atomic E-state index is 2.19. The molecule has 0 spiro atoms. The number of anilines is 1. The van der Waals surface area contributed by atoms with Crippen molar-refractivity contribution < 1.29 is 0 Å². The molecule has 3 aromatic carbocycles. The molecule has 0 bridgehead atoms. The van der Waals surface area contributed by atoms with E-state index in [0.29, 0.717) is 0 Å². The molecule has 0 fully saturated rings. The van der Waals surface area contributed by atoms with Crippen LogP contribution in [0, 0.1) is 0 Å². The first-order valence-electron chi connectivity index (χ1n) is 7.17. The Morgan fingerprint density at radius 3 is 2.19 bits per heavy atom. The lowest BCUT2D eigenvalue weighted by Crippen LogP contribution is -2.07. The number of nitrogens with zero attached hydrogens (tertiary/aromatic N) is 1. The molecular weight excluding hydrogens is 254 g/mol. The van der Waals surface area contributed by atoms with E-state index in [1.54, 1.807) is 0 Å². The van der Waals surface area contributed by atoms with Crippen LogP contribution in [0.4, 0.5) is 5.69 Å². The quantitative estimate of drug-likeness (QED) is 0.602. The van der Waals surface area contributed by atoms with Crippen molar-refractivity contribution >= 4 is 28.6 Å². The highest BCUT2D eigenvalue weighted by atomic mass is 15.1. The summed E-state index contributed by atoms with van der Waals surface area (Å²) < 4.78 is 0. The number of hydrogen-bond acceptors (Lipinski definition) is 1. The molecule has 1 heteroatoms. The zero-order valence-electron chi connectivity index (χ0n) is 12.5. The molecule has 0 amide bonds. The Morgan fingerprint density at radius 1 is 0.714 bits per heavy atom. The third kappa shape index (κ3) is 2.97. The summed E-state index contributed by atoms with van der Waals surface area (Å²) >= 11 is 0. The number of hydrogen-bond donors (Lipinski definition) is 0. The van der Waals surface area contributed by atoms with Gasteiger partial charge in [-0.2, -0.15) is 0 Å². The molecule has 3 aromatic rings. The molecule has 0 aromatic heterocycles. The van der Waals surface area contributed by atoms with Crippen LogP contribution in [0.15, 0.2) is 66.7 Å². The van der Waals surface area contributed by atoms with Crippen molar-refractivity contribution in [3.8, 4) is 0 Å². The molecule has 21 heavy (non-hydrogen) atoms. The number of fused-ring (bicyclic) bond motifs is 1. The summed E-state index contributed by atoms with van der Waals surface area (Å²) in [5.41, 5.74) is 3.69. The molecule has 0 aliphatic heterocycles. The molecule has 0 saturated heterocycles. The summed E-state index contributed by atoms with van der Waals surface area (Å²) in [4.78, 5) is 2.11. The summed E-state index contributed by atoms with van der Waals surface area (Å²) in [6, 6.07) is 23.5. The van der Waals surface area contributed by atoms with Crippen molar-refractivity contribution in [2.24, 2.45) is 0 Å². The van der Waals surface area contributed by atoms with Crippen LogP contribution in [0.1, 0.15) is 11.1 Å². The van der Waals surface area contributed by atoms with Gasteiger partial charge in [-0.3, -0.25) is 0 Å². The zero-order chi connectivity index (χ0) is 14.7. The molecule has 0 atom stereocenters. The summed E-state index contributed by atoms with van der Waals surface area (Å²) in [6.07, 6.45) is 4.36. The van der Waals surface area contributed by atoms with Gasteiger partial charge in [0.25, 0.3) is 0 Å². The van der Waals surface area contributed by atoms with Gasteiger partial charge in [-0.25, -0.2) is 0 Å². The molecule has 0 radical (unpaired) electrons. The summed E-state index contributed by atoms with van der Waals surface area (Å²) in [5, 5.41) is 2.57. The van der Waals surface area contributed by atoms with Crippen LogP contribution >= 0.6 is 0 Å². The zero-order valence-corrected chi connectivity index (χ0v) is 12.5. The minimum atomic E-state index is 1.22. The summed E-state index contributed by atoms with van der Waals surface area (Å²) in [5.74, 6) is 0. The SMILES string of the molecule is CN(C)c1ccc(/C=C/c2cccc3ccccc23)cc1. The largest absolute Gasteiger partial charge is 0.378 e. The minimum Gasteiger partial charge on any atom is -0.378 e. The van der Waals surface area contributed by atoms with E-state index in [9.17, 15) is 0 Å². The van der Waals surface area contributed by atoms with Gasteiger partial charge in [-0.05, 0) is 34.0 Å². The normalized spacial score (nSPS) is 11.1. The van der Waals surface area contributed by atoms with E-state index in [1.807, 2.05) is 0 Å². The Bertz CT molecular complexity index is 762. The number of rotatable bonds is 3. The molecule has 3 rings (SSSR count). The van der Waals surface area contributed by atoms with Gasteiger partial charge < -0.3 is 4.90 Å². The smallest absolute Gasteiger partial charge is 0.0361 e.